The van der Waals surface area contributed by atoms with Crippen LogP contribution >= 0.6 is 0 Å². The molecule has 8 aliphatic rings. The SMILES string of the molecule is CC.CC.CC.CC.CC1CCC(CC2CC3(CC(C)C3)C2)CC1.CC1CCC(CC2CC3(CC(C)C3)C2)CC1.CC1CCC(CC2CCC(C)CC2)CC1. The molecule has 2 spiro atoms. The van der Waals surface area contributed by atoms with E-state index >= 15 is 0 Å². The third-order valence-corrected chi connectivity index (χ3v) is 16.6. The van der Waals surface area contributed by atoms with Crippen molar-refractivity contribution in [3.63, 3.8) is 0 Å². The summed E-state index contributed by atoms with van der Waals surface area (Å²) in [5, 5.41) is 0. The molecule has 0 N–H and O–H groups in total. The maximum absolute atomic E-state index is 2.43. The van der Waals surface area contributed by atoms with E-state index in [9.17, 15) is 0 Å². The van der Waals surface area contributed by atoms with Crippen LogP contribution in [-0.4, -0.2) is 0 Å². The fraction of sp³-hybridized carbons (Fsp3) is 1.00. The largest absolute Gasteiger partial charge is 0.0683 e. The van der Waals surface area contributed by atoms with E-state index in [1.54, 1.807) is 96.3 Å². The third kappa shape index (κ3) is 17.3. The molecule has 0 aliphatic heterocycles. The molecular formula is C55H108. The third-order valence-electron chi connectivity index (χ3n) is 16.6. The molecule has 8 saturated carbocycles. The Morgan fingerprint density at radius 3 is 0.600 bits per heavy atom. The van der Waals surface area contributed by atoms with E-state index in [-0.39, 0.29) is 0 Å². The lowest BCUT2D eigenvalue weighted by Gasteiger charge is -2.58. The van der Waals surface area contributed by atoms with Crippen LogP contribution in [0, 0.1) is 81.8 Å². The van der Waals surface area contributed by atoms with Crippen LogP contribution in [0.3, 0.4) is 0 Å². The van der Waals surface area contributed by atoms with Gasteiger partial charge in [-0.05, 0) is 152 Å². The fourth-order valence-corrected chi connectivity index (χ4v) is 13.8. The molecule has 8 rings (SSSR count). The highest BCUT2D eigenvalue weighted by atomic mass is 14.6. The first-order valence-corrected chi connectivity index (χ1v) is 26.5. The summed E-state index contributed by atoms with van der Waals surface area (Å²) in [6.07, 6.45) is 41.8. The molecule has 0 unspecified atom stereocenters. The van der Waals surface area contributed by atoms with E-state index in [1.807, 2.05) is 55.4 Å². The molecule has 0 radical (unpaired) electrons. The van der Waals surface area contributed by atoms with Crippen LogP contribution in [-0.2, 0) is 0 Å². The minimum Gasteiger partial charge on any atom is -0.0683 e. The molecule has 0 nitrogen and oxygen atoms in total. The van der Waals surface area contributed by atoms with Gasteiger partial charge in [-0.1, -0.05) is 200 Å². The molecule has 0 aromatic rings. The van der Waals surface area contributed by atoms with Gasteiger partial charge in [0.1, 0.15) is 0 Å². The zero-order valence-electron chi connectivity index (χ0n) is 41.0. The first-order chi connectivity index (χ1) is 26.5. The lowest BCUT2D eigenvalue weighted by atomic mass is 9.47. The van der Waals surface area contributed by atoms with E-state index in [0.29, 0.717) is 0 Å². The molecule has 0 aromatic carbocycles. The average molecular weight is 769 g/mol. The monoisotopic (exact) mass is 769 g/mol. The zero-order chi connectivity index (χ0) is 41.0. The Balaban J connectivity index is 0.000000261. The van der Waals surface area contributed by atoms with Crippen LogP contribution in [0.4, 0.5) is 0 Å². The molecule has 0 bridgehead atoms. The number of hydrogen-bond acceptors (Lipinski definition) is 0. The van der Waals surface area contributed by atoms with E-state index in [1.165, 1.54) is 77.0 Å². The maximum Gasteiger partial charge on any atom is -0.0287 e. The Bertz CT molecular complexity index is 796. The van der Waals surface area contributed by atoms with Crippen molar-refractivity contribution in [2.24, 2.45) is 81.8 Å². The summed E-state index contributed by atoms with van der Waals surface area (Å²) in [5.41, 5.74) is 1.76. The summed E-state index contributed by atoms with van der Waals surface area (Å²) >= 11 is 0. The van der Waals surface area contributed by atoms with Crippen LogP contribution in [0.15, 0.2) is 0 Å². The van der Waals surface area contributed by atoms with Crippen LogP contribution < -0.4 is 0 Å². The second-order valence-corrected chi connectivity index (χ2v) is 21.8. The van der Waals surface area contributed by atoms with E-state index in [2.05, 4.69) is 41.5 Å². The highest BCUT2D eigenvalue weighted by molar-refractivity contribution is 5.03. The Morgan fingerprint density at radius 1 is 0.236 bits per heavy atom. The van der Waals surface area contributed by atoms with Crippen molar-refractivity contribution in [1.29, 1.82) is 0 Å². The van der Waals surface area contributed by atoms with E-state index in [4.69, 9.17) is 0 Å². The minimum absolute atomic E-state index is 0.881. The summed E-state index contributed by atoms with van der Waals surface area (Å²) in [6, 6.07) is 0. The topological polar surface area (TPSA) is 0 Å². The van der Waals surface area contributed by atoms with Gasteiger partial charge in [-0.3, -0.25) is 0 Å². The predicted octanol–water partition coefficient (Wildman–Crippen LogP) is 19.2. The lowest BCUT2D eigenvalue weighted by molar-refractivity contribution is -0.0705. The van der Waals surface area contributed by atoms with Crippen LogP contribution in [0.2, 0.25) is 0 Å². The van der Waals surface area contributed by atoms with Gasteiger partial charge in [-0.15, -0.1) is 0 Å². The normalized spacial score (nSPS) is 42.4. The molecule has 0 saturated heterocycles. The Hall–Kier alpha value is 0. The molecule has 8 fully saturated rings. The second kappa shape index (κ2) is 27.0. The molecule has 0 heteroatoms. The maximum atomic E-state index is 2.43. The first kappa shape index (κ1) is 51.1. The zero-order valence-corrected chi connectivity index (χ0v) is 41.0. The molecular weight excluding hydrogens is 661 g/mol. The van der Waals surface area contributed by atoms with Gasteiger partial charge < -0.3 is 0 Å². The molecule has 328 valence electrons. The molecule has 0 amide bonds. The van der Waals surface area contributed by atoms with Gasteiger partial charge >= 0.3 is 0 Å². The smallest absolute Gasteiger partial charge is 0.0287 e. The van der Waals surface area contributed by atoms with Crippen molar-refractivity contribution in [2.75, 3.05) is 0 Å². The summed E-state index contributed by atoms with van der Waals surface area (Å²) in [4.78, 5) is 0. The Kier molecular flexibility index (Phi) is 25.1. The van der Waals surface area contributed by atoms with Gasteiger partial charge in [0.25, 0.3) is 0 Å². The average Bonchev–Trinajstić information content (AvgIpc) is 3.16. The van der Waals surface area contributed by atoms with E-state index in [0.717, 1.165) is 81.8 Å². The van der Waals surface area contributed by atoms with Gasteiger partial charge in [0.05, 0.1) is 0 Å². The Labute approximate surface area is 350 Å². The van der Waals surface area contributed by atoms with Crippen molar-refractivity contribution in [1.82, 2.24) is 0 Å². The van der Waals surface area contributed by atoms with Crippen molar-refractivity contribution in [2.45, 2.75) is 270 Å². The van der Waals surface area contributed by atoms with Crippen LogP contribution in [0.25, 0.3) is 0 Å². The number of hydrogen-bond donors (Lipinski definition) is 0. The molecule has 0 heterocycles. The summed E-state index contributed by atoms with van der Waals surface area (Å²) in [6.45, 7) is 30.6. The molecule has 0 aromatic heterocycles. The fourth-order valence-electron chi connectivity index (χ4n) is 13.8. The highest BCUT2D eigenvalue weighted by Crippen LogP contribution is 2.63. The van der Waals surface area contributed by atoms with Crippen molar-refractivity contribution < 1.29 is 0 Å². The van der Waals surface area contributed by atoms with E-state index < -0.39 is 0 Å². The van der Waals surface area contributed by atoms with Gasteiger partial charge in [0.15, 0.2) is 0 Å². The second-order valence-electron chi connectivity index (χ2n) is 21.8. The Morgan fingerprint density at radius 2 is 0.418 bits per heavy atom. The van der Waals surface area contributed by atoms with Crippen molar-refractivity contribution >= 4 is 0 Å². The lowest BCUT2D eigenvalue weighted by Crippen LogP contribution is -2.47. The van der Waals surface area contributed by atoms with Gasteiger partial charge in [-0.2, -0.15) is 0 Å². The number of rotatable bonds is 6. The summed E-state index contributed by atoms with van der Waals surface area (Å²) in [7, 11) is 0. The highest BCUT2D eigenvalue weighted by Gasteiger charge is 2.52. The summed E-state index contributed by atoms with van der Waals surface area (Å²) in [5.74, 6) is 12.9. The predicted molar refractivity (Wildman–Crippen MR) is 251 cm³/mol. The van der Waals surface area contributed by atoms with Gasteiger partial charge in [0, 0.05) is 0 Å². The van der Waals surface area contributed by atoms with Crippen molar-refractivity contribution in [3.05, 3.63) is 0 Å². The van der Waals surface area contributed by atoms with Gasteiger partial charge in [0.2, 0.25) is 0 Å². The standard InChI is InChI=1S/2C16H28.C15H28.4C2H6/c2*1-12-3-5-14(6-4-12)7-15-10-16(11-15)8-13(2)9-16;1-12-3-7-14(8-4-12)11-15-9-5-13(2)6-10-15;4*1-2/h2*12-15H,3-11H2,1-2H3;12-15H,3-11H2,1-2H3;4*1-2H3. The molecule has 8 aliphatic carbocycles. The summed E-state index contributed by atoms with van der Waals surface area (Å²) < 4.78 is 0. The minimum atomic E-state index is 0.881. The molecule has 55 heavy (non-hydrogen) atoms. The quantitative estimate of drug-likeness (QED) is 0.252. The van der Waals surface area contributed by atoms with Gasteiger partial charge in [-0.25, -0.2) is 0 Å². The molecule has 0 atom stereocenters. The van der Waals surface area contributed by atoms with Crippen molar-refractivity contribution in [3.8, 4) is 0 Å². The first-order valence-electron chi connectivity index (χ1n) is 26.5. The van der Waals surface area contributed by atoms with Crippen LogP contribution in [0.1, 0.15) is 270 Å². The van der Waals surface area contributed by atoms with Crippen LogP contribution in [0.5, 0.6) is 0 Å².